The van der Waals surface area contributed by atoms with Gasteiger partial charge in [0.15, 0.2) is 46.3 Å². The highest BCUT2D eigenvalue weighted by Crippen LogP contribution is 2.54. The number of ketones is 8. The first-order valence-electron chi connectivity index (χ1n) is 23.1. The number of allylic oxidation sites excluding steroid dienone is 10. The molecular weight excluding hydrogens is 961 g/mol. The quantitative estimate of drug-likeness (QED) is 0.0520. The fourth-order valence-electron chi connectivity index (χ4n) is 9.85. The van der Waals surface area contributed by atoms with Gasteiger partial charge in [0.25, 0.3) is 0 Å². The molecule has 2 atom stereocenters. The van der Waals surface area contributed by atoms with E-state index in [1.54, 1.807) is 39.8 Å². The van der Waals surface area contributed by atoms with Crippen LogP contribution in [0.3, 0.4) is 0 Å². The molecule has 0 saturated carbocycles. The van der Waals surface area contributed by atoms with Crippen molar-refractivity contribution in [3.8, 4) is 46.0 Å². The van der Waals surface area contributed by atoms with E-state index < -0.39 is 194 Å². The molecule has 4 aromatic carbocycles. The second kappa shape index (κ2) is 18.6. The Morgan fingerprint density at radius 1 is 0.392 bits per heavy atom. The average molecular weight is 1010 g/mol. The van der Waals surface area contributed by atoms with Crippen LogP contribution in [0, 0.1) is 0 Å². The summed E-state index contributed by atoms with van der Waals surface area (Å²) in [5.41, 5.74) is -15.0. The van der Waals surface area contributed by atoms with Crippen LogP contribution in [0.5, 0.6) is 46.0 Å². The van der Waals surface area contributed by atoms with Gasteiger partial charge in [-0.25, -0.2) is 0 Å². The molecule has 0 heterocycles. The number of phenolic OH excluding ortho intramolecular Hbond substituents is 8. The molecule has 0 amide bonds. The summed E-state index contributed by atoms with van der Waals surface area (Å²) in [6, 6.07) is 4.24. The van der Waals surface area contributed by atoms with E-state index in [0.717, 1.165) is 24.3 Å². The van der Waals surface area contributed by atoms with Gasteiger partial charge in [-0.05, 0) is 89.8 Å². The summed E-state index contributed by atoms with van der Waals surface area (Å²) >= 11 is 0. The molecule has 0 bridgehead atoms. The van der Waals surface area contributed by atoms with E-state index in [1.165, 1.54) is 13.8 Å². The largest absolute Gasteiger partial charge is 0.507 e. The minimum Gasteiger partial charge on any atom is -0.507 e. The van der Waals surface area contributed by atoms with Gasteiger partial charge in [-0.2, -0.15) is 0 Å². The van der Waals surface area contributed by atoms with Crippen LogP contribution in [-0.4, -0.2) is 110 Å². The van der Waals surface area contributed by atoms with Crippen molar-refractivity contribution in [3.63, 3.8) is 0 Å². The molecule has 0 spiro atoms. The van der Waals surface area contributed by atoms with Crippen LogP contribution in [0.15, 0.2) is 93.1 Å². The number of fused-ring (bicyclic) bond motifs is 4. The van der Waals surface area contributed by atoms with Crippen LogP contribution in [-0.2, 0) is 0 Å². The predicted octanol–water partition coefficient (Wildman–Crippen LogP) is 7.30. The second-order valence-electron chi connectivity index (χ2n) is 18.5. The molecule has 18 nitrogen and oxygen atoms in total. The first-order valence-corrected chi connectivity index (χ1v) is 23.1. The number of hydrogen-bond donors (Lipinski definition) is 10. The van der Waals surface area contributed by atoms with Gasteiger partial charge < -0.3 is 51.1 Å². The van der Waals surface area contributed by atoms with E-state index in [2.05, 4.69) is 0 Å². The molecule has 0 fully saturated rings. The third-order valence-corrected chi connectivity index (χ3v) is 13.5. The third-order valence-electron chi connectivity index (χ3n) is 13.5. The third kappa shape index (κ3) is 7.56. The van der Waals surface area contributed by atoms with Crippen LogP contribution in [0.25, 0.3) is 11.1 Å². The van der Waals surface area contributed by atoms with E-state index in [9.17, 15) is 70.2 Å². The van der Waals surface area contributed by atoms with Gasteiger partial charge >= 0.3 is 0 Å². The first-order chi connectivity index (χ1) is 34.8. The average Bonchev–Trinajstić information content (AvgIpc) is 3.34. The van der Waals surface area contributed by atoms with Crippen LogP contribution in [0.1, 0.15) is 161 Å². The lowest BCUT2D eigenvalue weighted by molar-refractivity contribution is 0.0927. The number of rotatable bonds is 11. The predicted molar refractivity (Wildman–Crippen MR) is 262 cm³/mol. The zero-order valence-electron chi connectivity index (χ0n) is 40.3. The van der Waals surface area contributed by atoms with Crippen LogP contribution >= 0.6 is 0 Å². The van der Waals surface area contributed by atoms with Crippen molar-refractivity contribution in [2.75, 3.05) is 0 Å². The Kier molecular flexibility index (Phi) is 12.9. The van der Waals surface area contributed by atoms with Crippen LogP contribution < -0.4 is 0 Å². The molecule has 4 aliphatic carbocycles. The Balaban J connectivity index is 1.55. The molecule has 8 rings (SSSR count). The molecule has 378 valence electrons. The monoisotopic (exact) mass is 1010 g/mol. The van der Waals surface area contributed by atoms with Gasteiger partial charge in [0, 0.05) is 55.7 Å². The van der Waals surface area contributed by atoms with Gasteiger partial charge in [0.05, 0.1) is 56.7 Å². The number of benzene rings is 4. The van der Waals surface area contributed by atoms with Gasteiger partial charge in [-0.15, -0.1) is 0 Å². The lowest BCUT2D eigenvalue weighted by atomic mass is 9.69. The zero-order chi connectivity index (χ0) is 54.4. The van der Waals surface area contributed by atoms with E-state index in [-0.39, 0.29) is 36.8 Å². The molecule has 0 radical (unpaired) electrons. The minimum atomic E-state index is -1.64. The summed E-state index contributed by atoms with van der Waals surface area (Å²) < 4.78 is 0. The summed E-state index contributed by atoms with van der Waals surface area (Å²) in [7, 11) is 0. The fraction of sp³-hybridized carbons (Fsp3) is 0.214. The fourth-order valence-corrected chi connectivity index (χ4v) is 9.85. The molecule has 18 heteroatoms. The maximum Gasteiger partial charge on any atom is 0.199 e. The molecular formula is C56H46O18. The maximum atomic E-state index is 15.4. The number of hydrogen-bond acceptors (Lipinski definition) is 18. The van der Waals surface area contributed by atoms with Crippen LogP contribution in [0.4, 0.5) is 0 Å². The normalized spacial score (nSPS) is 16.4. The Bertz CT molecular complexity index is 3360. The van der Waals surface area contributed by atoms with Gasteiger partial charge in [0.2, 0.25) is 0 Å². The summed E-state index contributed by atoms with van der Waals surface area (Å²) in [4.78, 5) is 119. The lowest BCUT2D eigenvalue weighted by Crippen LogP contribution is -2.31. The summed E-state index contributed by atoms with van der Waals surface area (Å²) in [6.45, 7) is 9.72. The van der Waals surface area contributed by atoms with E-state index in [1.807, 2.05) is 0 Å². The lowest BCUT2D eigenvalue weighted by Gasteiger charge is -2.30. The topological polar surface area (TPSA) is 339 Å². The van der Waals surface area contributed by atoms with Crippen molar-refractivity contribution in [2.45, 2.75) is 79.4 Å². The summed E-state index contributed by atoms with van der Waals surface area (Å²) in [5.74, 6) is -19.8. The molecule has 0 unspecified atom stereocenters. The maximum absolute atomic E-state index is 15.4. The van der Waals surface area contributed by atoms with Crippen molar-refractivity contribution >= 4 is 57.4 Å². The Morgan fingerprint density at radius 2 is 0.662 bits per heavy atom. The molecule has 10 N–H and O–H groups in total. The van der Waals surface area contributed by atoms with E-state index >= 15 is 19.2 Å². The number of Topliss-reactive ketones (excluding diaryl/α,β-unsaturated/α-hetero) is 8. The van der Waals surface area contributed by atoms with Crippen molar-refractivity contribution in [1.82, 2.24) is 0 Å². The molecule has 0 aromatic heterocycles. The molecule has 0 saturated heterocycles. The van der Waals surface area contributed by atoms with Gasteiger partial charge in [-0.3, -0.25) is 38.4 Å². The van der Waals surface area contributed by atoms with Crippen molar-refractivity contribution in [1.29, 1.82) is 0 Å². The molecule has 4 aliphatic rings. The zero-order valence-corrected chi connectivity index (χ0v) is 40.3. The highest BCUT2D eigenvalue weighted by atomic mass is 16.3. The smallest absolute Gasteiger partial charge is 0.199 e. The van der Waals surface area contributed by atoms with Crippen LogP contribution in [0.2, 0.25) is 0 Å². The van der Waals surface area contributed by atoms with Crippen molar-refractivity contribution in [3.05, 3.63) is 149 Å². The van der Waals surface area contributed by atoms with E-state index in [4.69, 9.17) is 0 Å². The Hall–Kier alpha value is -9.00. The SMILES string of the molecule is CC[C@@H](O)C1=C(CC=C(C)C)C(=O)c2c(O)cc(C3=C(C4=C(c5cc(O)c6c(c5O)C(=O)C([C@H](O)CC)=C(CC=C(C)C)C6=O)C(=O)c5c(O)ccc(O)c5C4=O)C(=O)c4c(O)ccc(O)c4C3=O)c(O)c2C1=O. The Labute approximate surface area is 419 Å². The first kappa shape index (κ1) is 51.4. The molecule has 0 aliphatic heterocycles. The van der Waals surface area contributed by atoms with E-state index in [0.29, 0.717) is 23.3 Å². The van der Waals surface area contributed by atoms with Gasteiger partial charge in [0.1, 0.15) is 46.0 Å². The number of carbonyl (C=O) groups excluding carboxylic acids is 8. The number of aliphatic hydroxyl groups excluding tert-OH is 2. The van der Waals surface area contributed by atoms with Crippen molar-refractivity contribution < 1.29 is 89.4 Å². The highest BCUT2D eigenvalue weighted by molar-refractivity contribution is 6.51. The second-order valence-corrected chi connectivity index (χ2v) is 18.5. The molecule has 4 aromatic rings. The highest BCUT2D eigenvalue weighted by Gasteiger charge is 2.49. The number of aliphatic hydroxyl groups is 2. The number of phenols is 8. The summed E-state index contributed by atoms with van der Waals surface area (Å²) in [6.07, 6.45) is -0.902. The Morgan fingerprint density at radius 3 is 0.932 bits per heavy atom. The number of carbonyl (C=O) groups is 8. The minimum absolute atomic E-state index is 0.147. The summed E-state index contributed by atoms with van der Waals surface area (Å²) in [5, 5.41) is 115. The van der Waals surface area contributed by atoms with Gasteiger partial charge in [-0.1, -0.05) is 37.1 Å². The number of aromatic hydroxyl groups is 8. The van der Waals surface area contributed by atoms with Crippen molar-refractivity contribution in [2.24, 2.45) is 0 Å². The standard InChI is InChI=1S/C56H46O18/c1-7-25(57)33-21(11-9-19(3)4)47(65)41-31(63)17-23(49(67)45(41)51(33)69)35-43(55(73)39-29(61)15-13-27(59)37(39)53(35)71)44-36(54(72)38-28(60)14-16-30(62)40(38)56(44)74)24-18-32(64)42-46(50(24)68)52(70)34(26(58)8-2)22(48(42)66)12-10-20(5)6/h9-10,13-18,25-26,57-64,67-68H,7-8,11-12H2,1-6H3/t25-,26-/m1/s1. The molecule has 74 heavy (non-hydrogen) atoms.